The van der Waals surface area contributed by atoms with Crippen molar-refractivity contribution >= 4 is 35.6 Å². The molecule has 2 aromatic heterocycles. The van der Waals surface area contributed by atoms with Gasteiger partial charge in [0.25, 0.3) is 11.5 Å². The second kappa shape index (κ2) is 12.1. The molecule has 2 aliphatic heterocycles. The van der Waals surface area contributed by atoms with Crippen LogP contribution in [0.3, 0.4) is 0 Å². The first-order chi connectivity index (χ1) is 23.1. The normalized spacial score (nSPS) is 22.2. The topological polar surface area (TPSA) is 125 Å². The fraction of sp³-hybridized carbons (Fsp3) is 0.361. The van der Waals surface area contributed by atoms with Gasteiger partial charge in [0.1, 0.15) is 5.75 Å². The fourth-order valence-electron chi connectivity index (χ4n) is 8.02. The number of benzene rings is 3. The van der Waals surface area contributed by atoms with E-state index >= 15 is 0 Å². The highest BCUT2D eigenvalue weighted by Crippen LogP contribution is 2.59. The summed E-state index contributed by atoms with van der Waals surface area (Å²) in [5, 5.41) is 24.9. The standard InChI is InChI=1S/C36H40N6O5Si/c1-23-33(48(4,5)28-13-11-27(46-3)12-14-28)32(16-18-41-22-25(17-19-43)38-39-41)47-36(23)30-20-26(10-15-31(30)40(2)35(36)45)42-34(44)29-9-7-6-8-24(29)21-37-42/h6-15,20-23,32-33,43H,16-19H2,1-5H3/t23-,32+,33-,36+/m0/s1. The maximum Gasteiger partial charge on any atom is 0.279 e. The summed E-state index contributed by atoms with van der Waals surface area (Å²) >= 11 is 0. The van der Waals surface area contributed by atoms with E-state index in [-0.39, 0.29) is 35.6 Å². The average Bonchev–Trinajstić information content (AvgIpc) is 3.74. The molecule has 4 atom stereocenters. The van der Waals surface area contributed by atoms with Crippen molar-refractivity contribution in [3.05, 3.63) is 101 Å². The molecule has 3 aromatic carbocycles. The van der Waals surface area contributed by atoms with Gasteiger partial charge in [-0.3, -0.25) is 14.3 Å². The zero-order valence-corrected chi connectivity index (χ0v) is 28.8. The van der Waals surface area contributed by atoms with Crippen LogP contribution in [-0.4, -0.2) is 70.7 Å². The third kappa shape index (κ3) is 4.97. The number of carbonyl (C=O) groups is 1. The summed E-state index contributed by atoms with van der Waals surface area (Å²) in [5.41, 5.74) is 1.38. The van der Waals surface area contributed by atoms with E-state index in [4.69, 9.17) is 9.47 Å². The number of anilines is 1. The number of rotatable bonds is 9. The van der Waals surface area contributed by atoms with Crippen molar-refractivity contribution in [2.75, 3.05) is 25.7 Å². The number of aromatic nitrogens is 5. The van der Waals surface area contributed by atoms with E-state index in [9.17, 15) is 14.7 Å². The summed E-state index contributed by atoms with van der Waals surface area (Å²) in [6.45, 7) is 7.39. The number of hydrogen-bond acceptors (Lipinski definition) is 8. The van der Waals surface area contributed by atoms with Crippen molar-refractivity contribution in [1.29, 1.82) is 0 Å². The molecule has 1 spiro atoms. The fourth-order valence-corrected chi connectivity index (χ4v) is 12.1. The molecule has 48 heavy (non-hydrogen) atoms. The van der Waals surface area contributed by atoms with Crippen LogP contribution in [0.25, 0.3) is 16.5 Å². The highest BCUT2D eigenvalue weighted by Gasteiger charge is 2.65. The summed E-state index contributed by atoms with van der Waals surface area (Å²) < 4.78 is 15.8. The Morgan fingerprint density at radius 1 is 1.06 bits per heavy atom. The van der Waals surface area contributed by atoms with E-state index in [2.05, 4.69) is 47.6 Å². The molecule has 2 aliphatic rings. The van der Waals surface area contributed by atoms with Crippen LogP contribution >= 0.6 is 0 Å². The van der Waals surface area contributed by atoms with Crippen LogP contribution in [0.4, 0.5) is 5.69 Å². The van der Waals surface area contributed by atoms with Crippen molar-refractivity contribution in [3.63, 3.8) is 0 Å². The molecule has 12 heteroatoms. The Morgan fingerprint density at radius 3 is 2.58 bits per heavy atom. The number of fused-ring (bicyclic) bond motifs is 3. The lowest BCUT2D eigenvalue weighted by Gasteiger charge is -2.37. The number of amides is 1. The number of aliphatic hydroxyl groups excluding tert-OH is 1. The first-order valence-corrected chi connectivity index (χ1v) is 19.4. The SMILES string of the molecule is COc1ccc([Si](C)(C)[C@@H]2[C@@H](CCn3cc(CCO)nn3)O[C@]3(C(=O)N(C)c4ccc(-n5ncc6ccccc6c5=O)cc43)[C@H]2C)cc1. The Kier molecular flexibility index (Phi) is 8.05. The first kappa shape index (κ1) is 31.9. The summed E-state index contributed by atoms with van der Waals surface area (Å²) in [4.78, 5) is 29.8. The highest BCUT2D eigenvalue weighted by molar-refractivity contribution is 6.91. The first-order valence-electron chi connectivity index (χ1n) is 16.3. The van der Waals surface area contributed by atoms with Crippen molar-refractivity contribution in [3.8, 4) is 11.4 Å². The van der Waals surface area contributed by atoms with Gasteiger partial charge >= 0.3 is 0 Å². The summed E-state index contributed by atoms with van der Waals surface area (Å²) in [6, 6.07) is 21.3. The van der Waals surface area contributed by atoms with Gasteiger partial charge in [-0.1, -0.05) is 60.7 Å². The van der Waals surface area contributed by atoms with Crippen LogP contribution in [0, 0.1) is 5.92 Å². The summed E-state index contributed by atoms with van der Waals surface area (Å²) in [5.74, 6) is 0.488. The zero-order valence-electron chi connectivity index (χ0n) is 27.8. The lowest BCUT2D eigenvalue weighted by Crippen LogP contribution is -2.51. The number of aryl methyl sites for hydroxylation is 1. The van der Waals surface area contributed by atoms with Gasteiger partial charge in [-0.25, -0.2) is 0 Å². The molecule has 0 aliphatic carbocycles. The minimum Gasteiger partial charge on any atom is -0.497 e. The van der Waals surface area contributed by atoms with Gasteiger partial charge in [0.2, 0.25) is 0 Å². The molecular weight excluding hydrogens is 625 g/mol. The van der Waals surface area contributed by atoms with E-state index in [1.807, 2.05) is 54.7 Å². The van der Waals surface area contributed by atoms with Gasteiger partial charge in [-0.15, -0.1) is 5.10 Å². The number of aliphatic hydroxyl groups is 1. The number of ether oxygens (including phenoxy) is 2. The Balaban J connectivity index is 1.33. The third-order valence-corrected chi connectivity index (χ3v) is 14.8. The predicted molar refractivity (Wildman–Crippen MR) is 186 cm³/mol. The van der Waals surface area contributed by atoms with Crippen molar-refractivity contribution in [2.45, 2.75) is 56.7 Å². The van der Waals surface area contributed by atoms with Crippen molar-refractivity contribution in [2.24, 2.45) is 5.92 Å². The van der Waals surface area contributed by atoms with E-state index < -0.39 is 13.7 Å². The molecule has 0 bridgehead atoms. The van der Waals surface area contributed by atoms with Crippen molar-refractivity contribution < 1.29 is 19.4 Å². The van der Waals surface area contributed by atoms with E-state index in [0.29, 0.717) is 30.5 Å². The molecule has 11 nitrogen and oxygen atoms in total. The maximum absolute atomic E-state index is 14.5. The van der Waals surface area contributed by atoms with Crippen LogP contribution in [0.15, 0.2) is 83.9 Å². The number of hydrogen-bond donors (Lipinski definition) is 1. The number of nitrogens with zero attached hydrogens (tertiary/aromatic N) is 6. The van der Waals surface area contributed by atoms with Crippen LogP contribution < -0.4 is 20.4 Å². The van der Waals surface area contributed by atoms with Gasteiger partial charge in [0, 0.05) is 49.7 Å². The largest absolute Gasteiger partial charge is 0.497 e. The monoisotopic (exact) mass is 664 g/mol. The van der Waals surface area contributed by atoms with Gasteiger partial charge in [0.05, 0.1) is 49.9 Å². The van der Waals surface area contributed by atoms with Gasteiger partial charge in [0.15, 0.2) is 5.60 Å². The van der Waals surface area contributed by atoms with Crippen LogP contribution in [-0.2, 0) is 28.1 Å². The molecule has 248 valence electrons. The summed E-state index contributed by atoms with van der Waals surface area (Å²) in [6.07, 6.45) is 4.33. The second-order valence-electron chi connectivity index (χ2n) is 13.4. The van der Waals surface area contributed by atoms with Crippen molar-refractivity contribution in [1.82, 2.24) is 24.8 Å². The lowest BCUT2D eigenvalue weighted by molar-refractivity contribution is -0.145. The lowest BCUT2D eigenvalue weighted by atomic mass is 9.82. The Bertz CT molecular complexity index is 2060. The van der Waals surface area contributed by atoms with E-state index in [1.165, 1.54) is 9.87 Å². The Labute approximate surface area is 279 Å². The van der Waals surface area contributed by atoms with Crippen LogP contribution in [0.1, 0.15) is 24.6 Å². The molecule has 1 fully saturated rings. The quantitative estimate of drug-likeness (QED) is 0.236. The molecule has 1 amide bonds. The third-order valence-electron chi connectivity index (χ3n) is 10.5. The van der Waals surface area contributed by atoms with Gasteiger partial charge in [-0.05, 0) is 48.4 Å². The molecule has 0 saturated carbocycles. The molecule has 5 aromatic rings. The second-order valence-corrected chi connectivity index (χ2v) is 18.1. The Hall–Kier alpha value is -4.65. The van der Waals surface area contributed by atoms with Crippen LogP contribution in [0.2, 0.25) is 18.6 Å². The van der Waals surface area contributed by atoms with E-state index in [1.54, 1.807) is 36.0 Å². The number of carbonyl (C=O) groups excluding carboxylic acids is 1. The Morgan fingerprint density at radius 2 is 1.83 bits per heavy atom. The molecule has 1 saturated heterocycles. The highest BCUT2D eigenvalue weighted by atomic mass is 28.3. The molecular formula is C36H40N6O5Si. The maximum atomic E-state index is 14.5. The minimum absolute atomic E-state index is 0.00602. The van der Waals surface area contributed by atoms with Gasteiger partial charge in [-0.2, -0.15) is 9.78 Å². The number of likely N-dealkylation sites (N-methyl/N-ethyl adjacent to an activating group) is 1. The number of methoxy groups -OCH3 is 1. The summed E-state index contributed by atoms with van der Waals surface area (Å²) in [7, 11) is 1.12. The average molecular weight is 665 g/mol. The molecule has 7 rings (SSSR count). The molecule has 0 radical (unpaired) electrons. The van der Waals surface area contributed by atoms with Gasteiger partial charge < -0.3 is 19.5 Å². The van der Waals surface area contributed by atoms with Crippen LogP contribution in [0.5, 0.6) is 5.75 Å². The minimum atomic E-state index is -2.33. The molecule has 4 heterocycles. The zero-order chi connectivity index (χ0) is 33.8. The smallest absolute Gasteiger partial charge is 0.279 e. The molecule has 0 unspecified atom stereocenters. The molecule has 1 N–H and O–H groups in total. The predicted octanol–water partition coefficient (Wildman–Crippen LogP) is 3.80. The van der Waals surface area contributed by atoms with E-state index in [0.717, 1.165) is 28.1 Å².